The number of carbonyl (C=O) groups excluding carboxylic acids is 1. The van der Waals surface area contributed by atoms with E-state index in [0.29, 0.717) is 5.92 Å². The summed E-state index contributed by atoms with van der Waals surface area (Å²) in [5.74, 6) is 0.389. The van der Waals surface area contributed by atoms with Gasteiger partial charge in [-0.05, 0) is 45.2 Å². The van der Waals surface area contributed by atoms with E-state index in [1.54, 1.807) is 0 Å². The maximum atomic E-state index is 12.3. The molecule has 0 radical (unpaired) electrons. The molecule has 0 bridgehead atoms. The molecular weight excluding hydrogens is 300 g/mol. The molecule has 1 amide bonds. The van der Waals surface area contributed by atoms with Crippen molar-refractivity contribution in [2.45, 2.75) is 58.6 Å². The number of rotatable bonds is 3. The SMILES string of the molecule is CCCn1cc(C2CCN(C(=O)OC(C)(C)C)C2)c2ccccc21. The van der Waals surface area contributed by atoms with Gasteiger partial charge in [-0.2, -0.15) is 0 Å². The molecule has 1 saturated heterocycles. The second kappa shape index (κ2) is 6.50. The molecular formula is C20H28N2O2. The number of hydrogen-bond acceptors (Lipinski definition) is 2. The molecule has 2 heterocycles. The van der Waals surface area contributed by atoms with Gasteiger partial charge in [0.05, 0.1) is 0 Å². The molecule has 4 heteroatoms. The third kappa shape index (κ3) is 3.42. The van der Waals surface area contributed by atoms with Crippen LogP contribution in [0.2, 0.25) is 0 Å². The lowest BCUT2D eigenvalue weighted by Crippen LogP contribution is -2.35. The van der Waals surface area contributed by atoms with Gasteiger partial charge in [-0.1, -0.05) is 25.1 Å². The summed E-state index contributed by atoms with van der Waals surface area (Å²) in [5, 5.41) is 1.32. The highest BCUT2D eigenvalue weighted by Gasteiger charge is 2.31. The Morgan fingerprint density at radius 1 is 1.29 bits per heavy atom. The van der Waals surface area contributed by atoms with Gasteiger partial charge in [-0.3, -0.25) is 0 Å². The molecule has 0 N–H and O–H groups in total. The van der Waals surface area contributed by atoms with Crippen LogP contribution in [-0.2, 0) is 11.3 Å². The molecule has 130 valence electrons. The van der Waals surface area contributed by atoms with Crippen molar-refractivity contribution in [2.24, 2.45) is 0 Å². The molecule has 1 aliphatic rings. The molecule has 0 saturated carbocycles. The van der Waals surface area contributed by atoms with E-state index in [9.17, 15) is 4.79 Å². The Labute approximate surface area is 144 Å². The number of aromatic nitrogens is 1. The minimum atomic E-state index is -0.438. The number of likely N-dealkylation sites (tertiary alicyclic amines) is 1. The fraction of sp³-hybridized carbons (Fsp3) is 0.550. The van der Waals surface area contributed by atoms with E-state index < -0.39 is 5.60 Å². The first-order valence-electron chi connectivity index (χ1n) is 8.94. The molecule has 3 rings (SSSR count). The van der Waals surface area contributed by atoms with E-state index in [1.807, 2.05) is 25.7 Å². The lowest BCUT2D eigenvalue weighted by Gasteiger charge is -2.24. The maximum Gasteiger partial charge on any atom is 0.410 e. The molecule has 24 heavy (non-hydrogen) atoms. The minimum absolute atomic E-state index is 0.192. The van der Waals surface area contributed by atoms with Crippen molar-refractivity contribution in [2.75, 3.05) is 13.1 Å². The lowest BCUT2D eigenvalue weighted by atomic mass is 9.98. The molecule has 1 aromatic heterocycles. The number of hydrogen-bond donors (Lipinski definition) is 0. The summed E-state index contributed by atoms with van der Waals surface area (Å²) >= 11 is 0. The first kappa shape index (κ1) is 16.9. The number of aryl methyl sites for hydroxylation is 1. The van der Waals surface area contributed by atoms with Crippen LogP contribution >= 0.6 is 0 Å². The largest absolute Gasteiger partial charge is 0.444 e. The second-order valence-corrected chi connectivity index (χ2v) is 7.71. The predicted octanol–water partition coefficient (Wildman–Crippen LogP) is 4.78. The van der Waals surface area contributed by atoms with E-state index in [-0.39, 0.29) is 6.09 Å². The van der Waals surface area contributed by atoms with E-state index >= 15 is 0 Å². The van der Waals surface area contributed by atoms with E-state index in [4.69, 9.17) is 4.74 Å². The van der Waals surface area contributed by atoms with Crippen molar-refractivity contribution in [3.05, 3.63) is 36.0 Å². The van der Waals surface area contributed by atoms with Crippen LogP contribution < -0.4 is 0 Å². The van der Waals surface area contributed by atoms with E-state index in [2.05, 4.69) is 42.0 Å². The van der Waals surface area contributed by atoms with Crippen LogP contribution in [-0.4, -0.2) is 34.3 Å². The quantitative estimate of drug-likeness (QED) is 0.813. The Bertz CT molecular complexity index is 727. The van der Waals surface area contributed by atoms with Gasteiger partial charge in [0.1, 0.15) is 5.60 Å². The third-order valence-electron chi connectivity index (χ3n) is 4.56. The number of para-hydroxylation sites is 1. The molecule has 2 aromatic rings. The monoisotopic (exact) mass is 328 g/mol. The van der Waals surface area contributed by atoms with Crippen LogP contribution in [0.4, 0.5) is 4.79 Å². The smallest absolute Gasteiger partial charge is 0.410 e. The summed E-state index contributed by atoms with van der Waals surface area (Å²) in [6.45, 7) is 10.5. The first-order valence-corrected chi connectivity index (χ1v) is 8.94. The maximum absolute atomic E-state index is 12.3. The molecule has 1 aliphatic heterocycles. The van der Waals surface area contributed by atoms with Crippen molar-refractivity contribution in [3.63, 3.8) is 0 Å². The fourth-order valence-corrected chi connectivity index (χ4v) is 3.53. The van der Waals surface area contributed by atoms with Gasteiger partial charge < -0.3 is 14.2 Å². The highest BCUT2D eigenvalue weighted by atomic mass is 16.6. The molecule has 0 spiro atoms. The number of amides is 1. The summed E-state index contributed by atoms with van der Waals surface area (Å²) < 4.78 is 7.87. The standard InChI is InChI=1S/C20H28N2O2/c1-5-11-21-14-17(16-8-6-7-9-18(16)21)15-10-12-22(13-15)19(23)24-20(2,3)4/h6-9,14-15H,5,10-13H2,1-4H3. The van der Waals surface area contributed by atoms with Crippen LogP contribution in [0, 0.1) is 0 Å². The Morgan fingerprint density at radius 3 is 2.75 bits per heavy atom. The van der Waals surface area contributed by atoms with Crippen LogP contribution in [0.5, 0.6) is 0 Å². The van der Waals surface area contributed by atoms with Gasteiger partial charge in [0.25, 0.3) is 0 Å². The van der Waals surface area contributed by atoms with Crippen LogP contribution in [0.3, 0.4) is 0 Å². The third-order valence-corrected chi connectivity index (χ3v) is 4.56. The van der Waals surface area contributed by atoms with Crippen LogP contribution in [0.1, 0.15) is 52.0 Å². The number of fused-ring (bicyclic) bond motifs is 1. The zero-order chi connectivity index (χ0) is 17.3. The van der Waals surface area contributed by atoms with Crippen LogP contribution in [0.25, 0.3) is 10.9 Å². The normalized spacial score (nSPS) is 18.3. The van der Waals surface area contributed by atoms with Gasteiger partial charge in [0, 0.05) is 42.7 Å². The zero-order valence-electron chi connectivity index (χ0n) is 15.2. The summed E-state index contributed by atoms with van der Waals surface area (Å²) in [7, 11) is 0. The van der Waals surface area contributed by atoms with Crippen molar-refractivity contribution in [3.8, 4) is 0 Å². The number of nitrogens with zero attached hydrogens (tertiary/aromatic N) is 2. The van der Waals surface area contributed by atoms with Crippen molar-refractivity contribution in [1.82, 2.24) is 9.47 Å². The Hall–Kier alpha value is -1.97. The predicted molar refractivity (Wildman–Crippen MR) is 97.4 cm³/mol. The summed E-state index contributed by atoms with van der Waals surface area (Å²) in [4.78, 5) is 14.2. The Morgan fingerprint density at radius 2 is 2.04 bits per heavy atom. The van der Waals surface area contributed by atoms with E-state index in [0.717, 1.165) is 32.5 Å². The molecule has 1 fully saturated rings. The molecule has 1 unspecified atom stereocenters. The van der Waals surface area contributed by atoms with Gasteiger partial charge >= 0.3 is 6.09 Å². The van der Waals surface area contributed by atoms with Crippen molar-refractivity contribution in [1.29, 1.82) is 0 Å². The van der Waals surface area contributed by atoms with Crippen molar-refractivity contribution < 1.29 is 9.53 Å². The van der Waals surface area contributed by atoms with Gasteiger partial charge in [0.15, 0.2) is 0 Å². The van der Waals surface area contributed by atoms with Gasteiger partial charge in [-0.25, -0.2) is 4.79 Å². The highest BCUT2D eigenvalue weighted by molar-refractivity contribution is 5.84. The average molecular weight is 328 g/mol. The molecule has 4 nitrogen and oxygen atoms in total. The Balaban J connectivity index is 1.81. The number of carbonyl (C=O) groups is 1. The molecule has 1 aromatic carbocycles. The second-order valence-electron chi connectivity index (χ2n) is 7.71. The Kier molecular flexibility index (Phi) is 4.57. The van der Waals surface area contributed by atoms with Crippen molar-refractivity contribution >= 4 is 17.0 Å². The van der Waals surface area contributed by atoms with E-state index in [1.165, 1.54) is 16.5 Å². The fourth-order valence-electron chi connectivity index (χ4n) is 3.53. The summed E-state index contributed by atoms with van der Waals surface area (Å²) in [6, 6.07) is 8.59. The minimum Gasteiger partial charge on any atom is -0.444 e. The van der Waals surface area contributed by atoms with Gasteiger partial charge in [0.2, 0.25) is 0 Å². The average Bonchev–Trinajstić information content (AvgIpc) is 3.11. The molecule has 1 atom stereocenters. The molecule has 0 aliphatic carbocycles. The zero-order valence-corrected chi connectivity index (χ0v) is 15.2. The first-order chi connectivity index (χ1) is 11.4. The number of ether oxygens (including phenoxy) is 1. The summed E-state index contributed by atoms with van der Waals surface area (Å²) in [5.41, 5.74) is 2.22. The topological polar surface area (TPSA) is 34.5 Å². The van der Waals surface area contributed by atoms with Crippen LogP contribution in [0.15, 0.2) is 30.5 Å². The summed E-state index contributed by atoms with van der Waals surface area (Å²) in [6.07, 6.45) is 4.21. The van der Waals surface area contributed by atoms with Gasteiger partial charge in [-0.15, -0.1) is 0 Å². The number of benzene rings is 1. The lowest BCUT2D eigenvalue weighted by molar-refractivity contribution is 0.0292. The highest BCUT2D eigenvalue weighted by Crippen LogP contribution is 2.34.